The second-order valence-electron chi connectivity index (χ2n) is 5.33. The van der Waals surface area contributed by atoms with Crippen LogP contribution >= 0.6 is 0 Å². The lowest BCUT2D eigenvalue weighted by atomic mass is 9.77. The van der Waals surface area contributed by atoms with E-state index in [0.717, 1.165) is 25.7 Å². The van der Waals surface area contributed by atoms with Crippen molar-refractivity contribution in [1.29, 1.82) is 0 Å². The maximum absolute atomic E-state index is 14.3. The summed E-state index contributed by atoms with van der Waals surface area (Å²) < 4.78 is 19.0. The second kappa shape index (κ2) is 5.29. The van der Waals surface area contributed by atoms with Gasteiger partial charge in [-0.2, -0.15) is 0 Å². The summed E-state index contributed by atoms with van der Waals surface area (Å²) in [5.74, 6) is -0.693. The lowest BCUT2D eigenvalue weighted by molar-refractivity contribution is 0.0599. The van der Waals surface area contributed by atoms with Crippen molar-refractivity contribution >= 4 is 5.97 Å². The first-order valence-corrected chi connectivity index (χ1v) is 6.63. The summed E-state index contributed by atoms with van der Waals surface area (Å²) in [7, 11) is 1.33. The van der Waals surface area contributed by atoms with E-state index >= 15 is 0 Å². The summed E-state index contributed by atoms with van der Waals surface area (Å²) in [5.41, 5.74) is 7.16. The van der Waals surface area contributed by atoms with Gasteiger partial charge in [0.25, 0.3) is 0 Å². The Hall–Kier alpha value is -1.42. The highest BCUT2D eigenvalue weighted by atomic mass is 19.1. The Morgan fingerprint density at radius 1 is 1.42 bits per heavy atom. The van der Waals surface area contributed by atoms with E-state index in [9.17, 15) is 9.18 Å². The standard InChI is InChI=1S/C15H20FNO2/c1-10-7-13(16)12(8-11(10)14(18)19-2)15(9-17)5-3-4-6-15/h7-8H,3-6,9,17H2,1-2H3. The Kier molecular flexibility index (Phi) is 3.90. The van der Waals surface area contributed by atoms with Crippen molar-refractivity contribution in [2.45, 2.75) is 38.0 Å². The van der Waals surface area contributed by atoms with Crippen molar-refractivity contribution in [3.8, 4) is 0 Å². The minimum absolute atomic E-state index is 0.266. The quantitative estimate of drug-likeness (QED) is 0.855. The summed E-state index contributed by atoms with van der Waals surface area (Å²) in [6.45, 7) is 2.12. The Bertz CT molecular complexity index is 493. The summed E-state index contributed by atoms with van der Waals surface area (Å²) in [4.78, 5) is 11.7. The molecule has 0 spiro atoms. The van der Waals surface area contributed by atoms with Gasteiger partial charge in [0, 0.05) is 12.0 Å². The van der Waals surface area contributed by atoms with Crippen LogP contribution in [0.5, 0.6) is 0 Å². The van der Waals surface area contributed by atoms with Gasteiger partial charge in [0.15, 0.2) is 0 Å². The zero-order valence-electron chi connectivity index (χ0n) is 11.5. The van der Waals surface area contributed by atoms with Gasteiger partial charge in [0.2, 0.25) is 0 Å². The van der Waals surface area contributed by atoms with E-state index in [-0.39, 0.29) is 11.2 Å². The van der Waals surface area contributed by atoms with E-state index in [1.54, 1.807) is 13.0 Å². The monoisotopic (exact) mass is 265 g/mol. The highest BCUT2D eigenvalue weighted by Crippen LogP contribution is 2.42. The normalized spacial score (nSPS) is 17.5. The predicted octanol–water partition coefficient (Wildman–Crippen LogP) is 2.69. The van der Waals surface area contributed by atoms with Crippen molar-refractivity contribution in [3.05, 3.63) is 34.6 Å². The zero-order valence-corrected chi connectivity index (χ0v) is 11.5. The van der Waals surface area contributed by atoms with Crippen LogP contribution in [0.25, 0.3) is 0 Å². The van der Waals surface area contributed by atoms with E-state index in [0.29, 0.717) is 23.2 Å². The van der Waals surface area contributed by atoms with Crippen LogP contribution in [0.3, 0.4) is 0 Å². The van der Waals surface area contributed by atoms with Gasteiger partial charge in [-0.1, -0.05) is 12.8 Å². The number of carbonyl (C=O) groups excluding carboxylic acids is 1. The van der Waals surface area contributed by atoms with Gasteiger partial charge >= 0.3 is 5.97 Å². The molecule has 19 heavy (non-hydrogen) atoms. The number of hydrogen-bond acceptors (Lipinski definition) is 3. The number of halogens is 1. The van der Waals surface area contributed by atoms with E-state index in [1.807, 2.05) is 0 Å². The molecule has 0 aliphatic heterocycles. The zero-order chi connectivity index (χ0) is 14.0. The minimum atomic E-state index is -0.427. The van der Waals surface area contributed by atoms with E-state index in [1.165, 1.54) is 13.2 Å². The molecule has 1 aliphatic rings. The molecule has 0 atom stereocenters. The summed E-state index contributed by atoms with van der Waals surface area (Å²) >= 11 is 0. The molecule has 1 fully saturated rings. The summed E-state index contributed by atoms with van der Waals surface area (Å²) in [6.07, 6.45) is 3.87. The van der Waals surface area contributed by atoms with E-state index in [4.69, 9.17) is 10.5 Å². The van der Waals surface area contributed by atoms with Crippen LogP contribution in [0.1, 0.15) is 47.2 Å². The Morgan fingerprint density at radius 3 is 2.58 bits per heavy atom. The molecule has 104 valence electrons. The van der Waals surface area contributed by atoms with Gasteiger partial charge in [-0.25, -0.2) is 9.18 Å². The lowest BCUT2D eigenvalue weighted by Gasteiger charge is -2.29. The molecule has 0 bridgehead atoms. The van der Waals surface area contributed by atoms with Crippen LogP contribution in [0, 0.1) is 12.7 Å². The smallest absolute Gasteiger partial charge is 0.338 e. The SMILES string of the molecule is COC(=O)c1cc(C2(CN)CCCC2)c(F)cc1C. The lowest BCUT2D eigenvalue weighted by Crippen LogP contribution is -2.33. The van der Waals surface area contributed by atoms with Gasteiger partial charge in [-0.05, 0) is 43.0 Å². The molecule has 0 amide bonds. The first kappa shape index (κ1) is 14.0. The second-order valence-corrected chi connectivity index (χ2v) is 5.33. The number of hydrogen-bond donors (Lipinski definition) is 1. The largest absolute Gasteiger partial charge is 0.465 e. The third-order valence-corrected chi connectivity index (χ3v) is 4.24. The number of esters is 1. The average Bonchev–Trinajstić information content (AvgIpc) is 2.88. The van der Waals surface area contributed by atoms with Gasteiger partial charge < -0.3 is 10.5 Å². The summed E-state index contributed by atoms with van der Waals surface area (Å²) in [6, 6.07) is 3.05. The Labute approximate surface area is 112 Å². The maximum Gasteiger partial charge on any atom is 0.338 e. The van der Waals surface area contributed by atoms with Crippen molar-refractivity contribution in [3.63, 3.8) is 0 Å². The van der Waals surface area contributed by atoms with Crippen LogP contribution in [0.4, 0.5) is 4.39 Å². The molecule has 1 aliphatic carbocycles. The van der Waals surface area contributed by atoms with Crippen LogP contribution in [0.15, 0.2) is 12.1 Å². The number of ether oxygens (including phenoxy) is 1. The summed E-state index contributed by atoms with van der Waals surface area (Å²) in [5, 5.41) is 0. The molecule has 2 rings (SSSR count). The predicted molar refractivity (Wildman–Crippen MR) is 71.7 cm³/mol. The number of nitrogens with two attached hydrogens (primary N) is 1. The maximum atomic E-state index is 14.3. The molecule has 0 unspecified atom stereocenters. The highest BCUT2D eigenvalue weighted by Gasteiger charge is 2.37. The number of aryl methyl sites for hydroxylation is 1. The average molecular weight is 265 g/mol. The number of benzene rings is 1. The fourth-order valence-electron chi connectivity index (χ4n) is 3.04. The third kappa shape index (κ3) is 2.37. The molecule has 2 N–H and O–H groups in total. The Morgan fingerprint density at radius 2 is 2.05 bits per heavy atom. The molecule has 0 saturated heterocycles. The van der Waals surface area contributed by atoms with Gasteiger partial charge in [0.1, 0.15) is 5.82 Å². The molecule has 0 aromatic heterocycles. The molecule has 0 heterocycles. The molecule has 4 heteroatoms. The van der Waals surface area contributed by atoms with Crippen molar-refractivity contribution in [2.75, 3.05) is 13.7 Å². The van der Waals surface area contributed by atoms with Crippen LogP contribution in [0.2, 0.25) is 0 Å². The van der Waals surface area contributed by atoms with Crippen LogP contribution in [-0.2, 0) is 10.2 Å². The fraction of sp³-hybridized carbons (Fsp3) is 0.533. The van der Waals surface area contributed by atoms with Crippen molar-refractivity contribution in [2.24, 2.45) is 5.73 Å². The number of rotatable bonds is 3. The number of methoxy groups -OCH3 is 1. The molecule has 3 nitrogen and oxygen atoms in total. The van der Waals surface area contributed by atoms with Gasteiger partial charge in [-0.15, -0.1) is 0 Å². The first-order chi connectivity index (χ1) is 9.04. The van der Waals surface area contributed by atoms with Gasteiger partial charge in [0.05, 0.1) is 12.7 Å². The minimum Gasteiger partial charge on any atom is -0.465 e. The number of carbonyl (C=O) groups is 1. The molecule has 1 aromatic rings. The molecule has 0 radical (unpaired) electrons. The highest BCUT2D eigenvalue weighted by molar-refractivity contribution is 5.91. The van der Waals surface area contributed by atoms with Crippen LogP contribution in [-0.4, -0.2) is 19.6 Å². The molecular formula is C15H20FNO2. The van der Waals surface area contributed by atoms with Crippen molar-refractivity contribution < 1.29 is 13.9 Å². The van der Waals surface area contributed by atoms with Crippen molar-refractivity contribution in [1.82, 2.24) is 0 Å². The fourth-order valence-corrected chi connectivity index (χ4v) is 3.04. The topological polar surface area (TPSA) is 52.3 Å². The third-order valence-electron chi connectivity index (χ3n) is 4.24. The van der Waals surface area contributed by atoms with Gasteiger partial charge in [-0.3, -0.25) is 0 Å². The molecular weight excluding hydrogens is 245 g/mol. The van der Waals surface area contributed by atoms with Crippen LogP contribution < -0.4 is 5.73 Å². The van der Waals surface area contributed by atoms with E-state index < -0.39 is 5.97 Å². The molecule has 1 saturated carbocycles. The first-order valence-electron chi connectivity index (χ1n) is 6.63. The Balaban J connectivity index is 2.53. The van der Waals surface area contributed by atoms with E-state index in [2.05, 4.69) is 0 Å². The molecule has 1 aromatic carbocycles.